The van der Waals surface area contributed by atoms with Crippen LogP contribution in [0.2, 0.25) is 0 Å². The van der Waals surface area contributed by atoms with E-state index in [1.165, 1.54) is 146 Å². The fourth-order valence-corrected chi connectivity index (χ4v) is 16.0. The summed E-state index contributed by atoms with van der Waals surface area (Å²) in [5.41, 5.74) is 11.4. The lowest BCUT2D eigenvalue weighted by molar-refractivity contribution is 0.591. The van der Waals surface area contributed by atoms with Crippen LogP contribution in [0.1, 0.15) is 26.3 Å². The third-order valence-electron chi connectivity index (χ3n) is 13.8. The summed E-state index contributed by atoms with van der Waals surface area (Å²) >= 11 is 7.86. The lowest BCUT2D eigenvalue weighted by Crippen LogP contribution is -2.57. The van der Waals surface area contributed by atoms with E-state index in [0.717, 1.165) is 0 Å². The van der Waals surface area contributed by atoms with Crippen molar-refractivity contribution in [2.45, 2.75) is 26.2 Å². The van der Waals surface area contributed by atoms with E-state index in [0.29, 0.717) is 0 Å². The van der Waals surface area contributed by atoms with Crippen molar-refractivity contribution >= 4 is 171 Å². The number of fused-ring (bicyclic) bond motifs is 20. The Morgan fingerprint density at radius 3 is 1.03 bits per heavy atom. The number of rotatable bonds is 0. The Kier molecular flexibility index (Phi) is 5.91. The fraction of sp³-hybridized carbons (Fsp3) is 0.0741. The highest BCUT2D eigenvalue weighted by Gasteiger charge is 2.42. The molecule has 0 amide bonds. The van der Waals surface area contributed by atoms with Crippen LogP contribution < -0.4 is 16.4 Å². The van der Waals surface area contributed by atoms with Gasteiger partial charge in [-0.3, -0.25) is 0 Å². The molecule has 2 aliphatic rings. The average molecular weight is 819 g/mol. The second kappa shape index (κ2) is 10.8. The summed E-state index contributed by atoms with van der Waals surface area (Å²) < 4.78 is 11.0. The second-order valence-electron chi connectivity index (χ2n) is 17.8. The molecule has 0 aliphatic carbocycles. The molecule has 9 aromatic carbocycles. The fourth-order valence-electron chi connectivity index (χ4n) is 11.3. The van der Waals surface area contributed by atoms with Gasteiger partial charge in [0.1, 0.15) is 0 Å². The number of thiophene rings is 4. The molecule has 6 heterocycles. The Bertz CT molecular complexity index is 3830. The first-order chi connectivity index (χ1) is 28.9. The number of hydrogen-bond donors (Lipinski definition) is 0. The van der Waals surface area contributed by atoms with Crippen LogP contribution in [0, 0.1) is 0 Å². The van der Waals surface area contributed by atoms with Gasteiger partial charge in [0.25, 0.3) is 0 Å². The van der Waals surface area contributed by atoms with Gasteiger partial charge in [-0.15, -0.1) is 45.3 Å². The summed E-state index contributed by atoms with van der Waals surface area (Å²) in [5, 5.41) is 16.9. The monoisotopic (exact) mass is 818 g/mol. The highest BCUT2D eigenvalue weighted by Crippen LogP contribution is 2.53. The van der Waals surface area contributed by atoms with E-state index in [-0.39, 0.29) is 12.1 Å². The van der Waals surface area contributed by atoms with Crippen molar-refractivity contribution in [3.8, 4) is 22.3 Å². The van der Waals surface area contributed by atoms with Crippen LogP contribution >= 0.6 is 45.3 Å². The van der Waals surface area contributed by atoms with Crippen molar-refractivity contribution in [3.63, 3.8) is 0 Å². The summed E-state index contributed by atoms with van der Waals surface area (Å²) in [4.78, 5) is 0. The SMILES string of the molecule is CC(C)(C)c1cc2c3c(c1)-c1cc4sc5ccccc5c4c4c1c(cc1sc5ccccc5c14)B3c1cc3sc4ccccc4c3c3c1c-2cc1sc2ccccc2c13. The van der Waals surface area contributed by atoms with Crippen molar-refractivity contribution in [2.75, 3.05) is 0 Å². The van der Waals surface area contributed by atoms with E-state index in [1.807, 2.05) is 45.3 Å². The molecule has 0 spiro atoms. The quantitative estimate of drug-likeness (QED) is 0.134. The van der Waals surface area contributed by atoms with Crippen LogP contribution in [0.5, 0.6) is 0 Å². The van der Waals surface area contributed by atoms with E-state index >= 15 is 0 Å². The van der Waals surface area contributed by atoms with Crippen LogP contribution in [0.3, 0.4) is 0 Å². The van der Waals surface area contributed by atoms with Gasteiger partial charge in [-0.1, -0.05) is 122 Å². The minimum Gasteiger partial charge on any atom is -0.135 e. The van der Waals surface area contributed by atoms with Gasteiger partial charge >= 0.3 is 0 Å². The second-order valence-corrected chi connectivity index (χ2v) is 22.2. The minimum atomic E-state index is -0.0374. The molecule has 274 valence electrons. The molecule has 0 unspecified atom stereocenters. The Morgan fingerprint density at radius 2 is 0.678 bits per heavy atom. The first kappa shape index (κ1) is 32.3. The third-order valence-corrected chi connectivity index (χ3v) is 18.2. The Labute approximate surface area is 355 Å². The highest BCUT2D eigenvalue weighted by molar-refractivity contribution is 7.28. The van der Waals surface area contributed by atoms with Crippen LogP contribution in [-0.4, -0.2) is 6.71 Å². The summed E-state index contributed by atoms with van der Waals surface area (Å²) in [6.45, 7) is 7.27. The molecule has 0 saturated carbocycles. The first-order valence-corrected chi connectivity index (χ1v) is 23.8. The topological polar surface area (TPSA) is 0 Å². The third kappa shape index (κ3) is 3.92. The first-order valence-electron chi connectivity index (χ1n) is 20.5. The maximum absolute atomic E-state index is 2.63. The van der Waals surface area contributed by atoms with Gasteiger partial charge in [0.2, 0.25) is 6.71 Å². The van der Waals surface area contributed by atoms with Crippen molar-refractivity contribution in [1.29, 1.82) is 0 Å². The van der Waals surface area contributed by atoms with E-state index in [1.54, 1.807) is 0 Å². The largest absolute Gasteiger partial charge is 0.244 e. The van der Waals surface area contributed by atoms with Crippen LogP contribution in [0.15, 0.2) is 133 Å². The molecule has 4 aromatic heterocycles. The lowest BCUT2D eigenvalue weighted by atomic mass is 9.31. The summed E-state index contributed by atoms with van der Waals surface area (Å²) in [6.07, 6.45) is 0. The molecule has 0 atom stereocenters. The van der Waals surface area contributed by atoms with Crippen molar-refractivity contribution in [2.24, 2.45) is 0 Å². The summed E-state index contributed by atoms with van der Waals surface area (Å²) in [5.74, 6) is 0. The lowest BCUT2D eigenvalue weighted by Gasteiger charge is -2.36. The minimum absolute atomic E-state index is 0.0374. The highest BCUT2D eigenvalue weighted by atomic mass is 32.1. The van der Waals surface area contributed by atoms with E-state index in [9.17, 15) is 0 Å². The average Bonchev–Trinajstić information content (AvgIpc) is 4.01. The zero-order valence-electron chi connectivity index (χ0n) is 32.4. The maximum atomic E-state index is 2.63. The maximum Gasteiger partial charge on any atom is 0.244 e. The van der Waals surface area contributed by atoms with Crippen molar-refractivity contribution in [3.05, 3.63) is 139 Å². The predicted octanol–water partition coefficient (Wildman–Crippen LogP) is 15.2. The molecule has 0 N–H and O–H groups in total. The van der Waals surface area contributed by atoms with Gasteiger partial charge < -0.3 is 0 Å². The zero-order chi connectivity index (χ0) is 38.6. The molecule has 13 aromatic rings. The van der Waals surface area contributed by atoms with Crippen molar-refractivity contribution < 1.29 is 0 Å². The van der Waals surface area contributed by atoms with Gasteiger partial charge in [0.15, 0.2) is 0 Å². The van der Waals surface area contributed by atoms with Crippen LogP contribution in [0.4, 0.5) is 0 Å². The van der Waals surface area contributed by atoms with Gasteiger partial charge in [0, 0.05) is 91.5 Å². The van der Waals surface area contributed by atoms with Gasteiger partial charge in [0.05, 0.1) is 0 Å². The van der Waals surface area contributed by atoms with Crippen LogP contribution in [-0.2, 0) is 5.41 Å². The van der Waals surface area contributed by atoms with Gasteiger partial charge in [-0.25, -0.2) is 0 Å². The number of benzene rings is 9. The van der Waals surface area contributed by atoms with Crippen LogP contribution in [0.25, 0.3) is 124 Å². The predicted molar refractivity (Wildman–Crippen MR) is 267 cm³/mol. The molecular formula is C54H31BS4. The van der Waals surface area contributed by atoms with Crippen molar-refractivity contribution in [1.82, 2.24) is 0 Å². The summed E-state index contributed by atoms with van der Waals surface area (Å²) in [6, 6.07) is 52.1. The molecular weight excluding hydrogens is 788 g/mol. The number of hydrogen-bond acceptors (Lipinski definition) is 4. The standard InChI is InChI=1S/C54H31BS4/c1-54(2,3)26-20-33-31-22-41-47(27-12-4-8-16-37(27)56-41)51-45(31)35(24-43-49(51)29-14-6-10-18-39(29)58-43)55-36-25-44-50(30-15-7-11-19-40(30)59-44)52-46(36)32(34(21-26)53(33)55)23-42-48(52)28-13-5-9-17-38(28)57-42/h4-25H,1-3H3. The Balaban J connectivity index is 1.24. The molecule has 0 nitrogen and oxygen atoms in total. The normalized spacial score (nSPS) is 13.6. The van der Waals surface area contributed by atoms with E-state index in [2.05, 4.69) is 154 Å². The molecule has 5 heteroatoms. The molecule has 0 bridgehead atoms. The molecule has 2 aliphatic heterocycles. The molecule has 0 saturated heterocycles. The van der Waals surface area contributed by atoms with E-state index in [4.69, 9.17) is 0 Å². The molecule has 15 rings (SSSR count). The Morgan fingerprint density at radius 1 is 0.339 bits per heavy atom. The smallest absolute Gasteiger partial charge is 0.135 e. The molecule has 0 radical (unpaired) electrons. The zero-order valence-corrected chi connectivity index (χ0v) is 35.7. The van der Waals surface area contributed by atoms with Gasteiger partial charge in [-0.05, 0) is 92.5 Å². The van der Waals surface area contributed by atoms with E-state index < -0.39 is 0 Å². The summed E-state index contributed by atoms with van der Waals surface area (Å²) in [7, 11) is 0. The van der Waals surface area contributed by atoms with Gasteiger partial charge in [-0.2, -0.15) is 0 Å². The molecule has 59 heavy (non-hydrogen) atoms. The molecule has 0 fully saturated rings. The Hall–Kier alpha value is -5.56.